The number of aromatic nitrogens is 1. The van der Waals surface area contributed by atoms with Crippen molar-refractivity contribution in [3.8, 4) is 11.6 Å². The average molecular weight is 452 g/mol. The van der Waals surface area contributed by atoms with Gasteiger partial charge in [-0.1, -0.05) is 36.7 Å². The van der Waals surface area contributed by atoms with Gasteiger partial charge in [-0.25, -0.2) is 4.98 Å². The number of rotatable bonds is 4. The summed E-state index contributed by atoms with van der Waals surface area (Å²) in [5.74, 6) is 0.547. The molecule has 5 nitrogen and oxygen atoms in total. The summed E-state index contributed by atoms with van der Waals surface area (Å²) in [6.07, 6.45) is 0.686. The SMILES string of the molecule is CCc1ccc(Oc2ccc3cccc(Cl)c3n2)cc1C1=C(O)C(C)(C)OC(C)(C)C1=O. The van der Waals surface area contributed by atoms with Crippen molar-refractivity contribution >= 4 is 33.9 Å². The highest BCUT2D eigenvalue weighted by Gasteiger charge is 2.47. The summed E-state index contributed by atoms with van der Waals surface area (Å²) in [6.45, 7) is 8.96. The van der Waals surface area contributed by atoms with Crippen LogP contribution in [0.5, 0.6) is 11.6 Å². The van der Waals surface area contributed by atoms with E-state index in [9.17, 15) is 9.90 Å². The number of hydrogen-bond acceptors (Lipinski definition) is 5. The van der Waals surface area contributed by atoms with Crippen molar-refractivity contribution in [1.29, 1.82) is 0 Å². The molecule has 0 unspecified atom stereocenters. The molecule has 1 aromatic heterocycles. The number of Topliss-reactive ketones (excluding diaryl/α,β-unsaturated/α-hetero) is 1. The lowest BCUT2D eigenvalue weighted by Crippen LogP contribution is -2.49. The highest BCUT2D eigenvalue weighted by molar-refractivity contribution is 6.35. The molecule has 6 heteroatoms. The van der Waals surface area contributed by atoms with Crippen LogP contribution >= 0.6 is 11.6 Å². The molecule has 0 atom stereocenters. The third-order valence-electron chi connectivity index (χ3n) is 5.69. The Balaban J connectivity index is 1.80. The van der Waals surface area contributed by atoms with Gasteiger partial charge < -0.3 is 14.6 Å². The van der Waals surface area contributed by atoms with Crippen LogP contribution < -0.4 is 4.74 Å². The van der Waals surface area contributed by atoms with Gasteiger partial charge in [-0.15, -0.1) is 0 Å². The lowest BCUT2D eigenvalue weighted by Gasteiger charge is -2.40. The second-order valence-electron chi connectivity index (χ2n) is 8.91. The van der Waals surface area contributed by atoms with E-state index in [-0.39, 0.29) is 17.1 Å². The normalized spacial score (nSPS) is 17.6. The van der Waals surface area contributed by atoms with Crippen LogP contribution in [0.1, 0.15) is 45.7 Å². The Kier molecular flexibility index (Phi) is 5.51. The average Bonchev–Trinajstić information content (AvgIpc) is 2.73. The van der Waals surface area contributed by atoms with Gasteiger partial charge in [0, 0.05) is 11.5 Å². The van der Waals surface area contributed by atoms with Crippen molar-refractivity contribution in [3.05, 3.63) is 70.4 Å². The van der Waals surface area contributed by atoms with Crippen LogP contribution in [-0.2, 0) is 16.0 Å². The zero-order valence-electron chi connectivity index (χ0n) is 18.8. The zero-order valence-corrected chi connectivity index (χ0v) is 19.6. The van der Waals surface area contributed by atoms with Gasteiger partial charge in [0.2, 0.25) is 5.88 Å². The monoisotopic (exact) mass is 451 g/mol. The molecule has 2 heterocycles. The molecule has 0 saturated carbocycles. The Morgan fingerprint density at radius 3 is 2.53 bits per heavy atom. The summed E-state index contributed by atoms with van der Waals surface area (Å²) in [5.41, 5.74) is 0.420. The van der Waals surface area contributed by atoms with E-state index in [0.717, 1.165) is 10.9 Å². The quantitative estimate of drug-likeness (QED) is 0.479. The van der Waals surface area contributed by atoms with E-state index in [4.69, 9.17) is 21.1 Å². The number of para-hydroxylation sites is 1. The first-order valence-corrected chi connectivity index (χ1v) is 11.0. The molecule has 32 heavy (non-hydrogen) atoms. The van der Waals surface area contributed by atoms with Crippen molar-refractivity contribution < 1.29 is 19.4 Å². The van der Waals surface area contributed by atoms with E-state index in [0.29, 0.717) is 34.2 Å². The predicted molar refractivity (Wildman–Crippen MR) is 126 cm³/mol. The number of carbonyl (C=O) groups is 1. The molecule has 166 valence electrons. The molecule has 0 aliphatic carbocycles. The fourth-order valence-corrected chi connectivity index (χ4v) is 4.35. The molecule has 0 radical (unpaired) electrons. The molecule has 2 aromatic carbocycles. The van der Waals surface area contributed by atoms with Gasteiger partial charge >= 0.3 is 0 Å². The molecule has 4 rings (SSSR count). The smallest absolute Gasteiger partial charge is 0.219 e. The number of fused-ring (bicyclic) bond motifs is 1. The fourth-order valence-electron chi connectivity index (χ4n) is 4.12. The second-order valence-corrected chi connectivity index (χ2v) is 9.32. The minimum absolute atomic E-state index is 0.0794. The van der Waals surface area contributed by atoms with Crippen molar-refractivity contribution in [2.24, 2.45) is 0 Å². The number of hydrogen-bond donors (Lipinski definition) is 1. The minimum atomic E-state index is -1.07. The van der Waals surface area contributed by atoms with E-state index in [2.05, 4.69) is 4.98 Å². The molecular formula is C26H26ClNO4. The molecule has 0 saturated heterocycles. The molecule has 1 aliphatic heterocycles. The van der Waals surface area contributed by atoms with Crippen LogP contribution in [0.3, 0.4) is 0 Å². The van der Waals surface area contributed by atoms with E-state index in [1.165, 1.54) is 0 Å². The molecular weight excluding hydrogens is 426 g/mol. The Labute approximate surface area is 192 Å². The third-order valence-corrected chi connectivity index (χ3v) is 6.00. The predicted octanol–water partition coefficient (Wildman–Crippen LogP) is 6.67. The molecule has 3 aromatic rings. The van der Waals surface area contributed by atoms with Crippen molar-refractivity contribution in [2.75, 3.05) is 0 Å². The first kappa shape index (κ1) is 22.3. The topological polar surface area (TPSA) is 68.7 Å². The van der Waals surface area contributed by atoms with Crippen LogP contribution in [-0.4, -0.2) is 27.1 Å². The summed E-state index contributed by atoms with van der Waals surface area (Å²) in [7, 11) is 0. The van der Waals surface area contributed by atoms with Crippen LogP contribution in [0.15, 0.2) is 54.3 Å². The van der Waals surface area contributed by atoms with Crippen LogP contribution in [0, 0.1) is 0 Å². The number of carbonyl (C=O) groups excluding carboxylic acids is 1. The third kappa shape index (κ3) is 3.87. The van der Waals surface area contributed by atoms with Gasteiger partial charge in [0.05, 0.1) is 16.1 Å². The minimum Gasteiger partial charge on any atom is -0.508 e. The van der Waals surface area contributed by atoms with Gasteiger partial charge in [-0.3, -0.25) is 4.79 Å². The largest absolute Gasteiger partial charge is 0.508 e. The molecule has 1 aliphatic rings. The lowest BCUT2D eigenvalue weighted by atomic mass is 9.81. The zero-order chi connectivity index (χ0) is 23.3. The highest BCUT2D eigenvalue weighted by atomic mass is 35.5. The number of aliphatic hydroxyl groups is 1. The van der Waals surface area contributed by atoms with Crippen LogP contribution in [0.25, 0.3) is 16.5 Å². The number of nitrogens with zero attached hydrogens (tertiary/aromatic N) is 1. The van der Waals surface area contributed by atoms with E-state index in [1.54, 1.807) is 45.9 Å². The number of ether oxygens (including phenoxy) is 2. The number of pyridine rings is 1. The standard InChI is InChI=1S/C26H26ClNO4/c1-6-15-10-12-17(31-20-13-11-16-8-7-9-19(27)22(16)28-20)14-18(15)21-23(29)25(2,3)32-26(4,5)24(21)30/h7-14,29H,6H2,1-5H3. The Morgan fingerprint density at radius 1 is 1.06 bits per heavy atom. The maximum Gasteiger partial charge on any atom is 0.219 e. The van der Waals surface area contributed by atoms with Gasteiger partial charge in [-0.05, 0) is 69.5 Å². The van der Waals surface area contributed by atoms with Crippen molar-refractivity contribution in [3.63, 3.8) is 0 Å². The summed E-state index contributed by atoms with van der Waals surface area (Å²) < 4.78 is 11.9. The van der Waals surface area contributed by atoms with Gasteiger partial charge in [0.25, 0.3) is 0 Å². The highest BCUT2D eigenvalue weighted by Crippen LogP contribution is 2.42. The molecule has 0 fully saturated rings. The van der Waals surface area contributed by atoms with Crippen molar-refractivity contribution in [1.82, 2.24) is 4.98 Å². The van der Waals surface area contributed by atoms with Gasteiger partial charge in [0.1, 0.15) is 22.7 Å². The van der Waals surface area contributed by atoms with Gasteiger partial charge in [0.15, 0.2) is 5.78 Å². The summed E-state index contributed by atoms with van der Waals surface area (Å²) in [6, 6.07) is 14.8. The maximum atomic E-state index is 13.3. The molecule has 0 spiro atoms. The number of aryl methyl sites for hydroxylation is 1. The maximum absolute atomic E-state index is 13.3. The molecule has 0 amide bonds. The number of halogens is 1. The van der Waals surface area contributed by atoms with E-state index < -0.39 is 11.2 Å². The van der Waals surface area contributed by atoms with E-state index >= 15 is 0 Å². The van der Waals surface area contributed by atoms with Gasteiger partial charge in [-0.2, -0.15) is 0 Å². The molecule has 0 bridgehead atoms. The first-order chi connectivity index (χ1) is 15.0. The van der Waals surface area contributed by atoms with E-state index in [1.807, 2.05) is 37.3 Å². The number of benzene rings is 2. The summed E-state index contributed by atoms with van der Waals surface area (Å²) in [4.78, 5) is 17.8. The lowest BCUT2D eigenvalue weighted by molar-refractivity contribution is -0.158. The van der Waals surface area contributed by atoms with Crippen molar-refractivity contribution in [2.45, 2.75) is 52.2 Å². The molecule has 1 N–H and O–H groups in total. The second kappa shape index (κ2) is 7.91. The van der Waals surface area contributed by atoms with Crippen LogP contribution in [0.2, 0.25) is 5.02 Å². The van der Waals surface area contributed by atoms with Crippen LogP contribution in [0.4, 0.5) is 0 Å². The Bertz CT molecular complexity index is 1260. The fraction of sp³-hybridized carbons (Fsp3) is 0.308. The summed E-state index contributed by atoms with van der Waals surface area (Å²) >= 11 is 6.28. The summed E-state index contributed by atoms with van der Waals surface area (Å²) in [5, 5.41) is 12.4. The Hall–Kier alpha value is -2.89. The first-order valence-electron chi connectivity index (χ1n) is 10.6. The number of ketones is 1. The Morgan fingerprint density at radius 2 is 1.81 bits per heavy atom. The number of aliphatic hydroxyl groups excluding tert-OH is 1.